The lowest BCUT2D eigenvalue weighted by atomic mass is 10.1. The molecule has 0 radical (unpaired) electrons. The van der Waals surface area contributed by atoms with Crippen LogP contribution in [0.4, 0.5) is 0 Å². The zero-order chi connectivity index (χ0) is 10.8. The maximum Gasteiger partial charge on any atom is 0.203 e. The van der Waals surface area contributed by atoms with Gasteiger partial charge in [0.1, 0.15) is 5.15 Å². The second kappa shape index (κ2) is 4.13. The number of rotatable bonds is 2. The minimum absolute atomic E-state index is 0.00241. The summed E-state index contributed by atoms with van der Waals surface area (Å²) in [5.41, 5.74) is 0.580. The van der Waals surface area contributed by atoms with Gasteiger partial charge in [-0.05, 0) is 31.2 Å². The summed E-state index contributed by atoms with van der Waals surface area (Å²) in [5.74, 6) is -0.00241. The third kappa shape index (κ3) is 2.25. The Bertz CT molecular complexity index is 507. The van der Waals surface area contributed by atoms with Gasteiger partial charge in [-0.25, -0.2) is 4.98 Å². The molecule has 0 aliphatic heterocycles. The van der Waals surface area contributed by atoms with Crippen LogP contribution in [0.1, 0.15) is 20.1 Å². The summed E-state index contributed by atoms with van der Waals surface area (Å²) in [5, 5.41) is 0.342. The summed E-state index contributed by atoms with van der Waals surface area (Å²) in [6, 6.07) is 7.01. The minimum atomic E-state index is -0.00241. The molecule has 0 saturated carbocycles. The Kier molecular flexibility index (Phi) is 2.84. The predicted octanol–water partition coefficient (Wildman–Crippen LogP) is 3.34. The van der Waals surface area contributed by atoms with E-state index in [0.29, 0.717) is 10.7 Å². The summed E-state index contributed by atoms with van der Waals surface area (Å²) in [7, 11) is 0. The largest absolute Gasteiger partial charge is 0.288 e. The van der Waals surface area contributed by atoms with Crippen molar-refractivity contribution >= 4 is 28.7 Å². The van der Waals surface area contributed by atoms with Crippen LogP contribution in [-0.4, -0.2) is 10.8 Å². The van der Waals surface area contributed by atoms with Crippen LogP contribution < -0.4 is 0 Å². The van der Waals surface area contributed by atoms with Crippen molar-refractivity contribution in [2.75, 3.05) is 0 Å². The molecule has 2 aromatic rings. The van der Waals surface area contributed by atoms with Gasteiger partial charge in [0.25, 0.3) is 0 Å². The van der Waals surface area contributed by atoms with Crippen molar-refractivity contribution in [3.8, 4) is 0 Å². The monoisotopic (exact) mass is 237 g/mol. The van der Waals surface area contributed by atoms with Gasteiger partial charge in [0.2, 0.25) is 5.78 Å². The van der Waals surface area contributed by atoms with Gasteiger partial charge in [0.05, 0.1) is 4.88 Å². The summed E-state index contributed by atoms with van der Waals surface area (Å²) in [6.07, 6.45) is 1.54. The van der Waals surface area contributed by atoms with Crippen molar-refractivity contribution in [1.82, 2.24) is 4.98 Å². The first-order valence-corrected chi connectivity index (χ1v) is 5.59. The van der Waals surface area contributed by atoms with E-state index in [1.165, 1.54) is 17.5 Å². The number of hydrogen-bond donors (Lipinski definition) is 0. The van der Waals surface area contributed by atoms with E-state index < -0.39 is 0 Å². The number of aromatic nitrogens is 1. The molecule has 2 rings (SSSR count). The molecule has 0 amide bonds. The molecular weight excluding hydrogens is 230 g/mol. The van der Waals surface area contributed by atoms with E-state index in [1.54, 1.807) is 12.1 Å². The average molecular weight is 238 g/mol. The number of halogens is 1. The van der Waals surface area contributed by atoms with Crippen LogP contribution in [0.2, 0.25) is 5.15 Å². The number of pyridine rings is 1. The fraction of sp³-hybridized carbons (Fsp3) is 0.0909. The lowest BCUT2D eigenvalue weighted by Gasteiger charge is -1.97. The van der Waals surface area contributed by atoms with Gasteiger partial charge in [-0.15, -0.1) is 11.3 Å². The van der Waals surface area contributed by atoms with E-state index >= 15 is 0 Å². The first kappa shape index (κ1) is 10.3. The Labute approximate surface area is 96.5 Å². The van der Waals surface area contributed by atoms with E-state index in [2.05, 4.69) is 4.98 Å². The van der Waals surface area contributed by atoms with Crippen LogP contribution in [-0.2, 0) is 0 Å². The molecule has 0 fully saturated rings. The van der Waals surface area contributed by atoms with Gasteiger partial charge in [-0.3, -0.25) is 4.79 Å². The number of ketones is 1. The molecule has 0 aliphatic carbocycles. The van der Waals surface area contributed by atoms with Crippen molar-refractivity contribution in [2.24, 2.45) is 0 Å². The van der Waals surface area contributed by atoms with E-state index in [9.17, 15) is 4.79 Å². The predicted molar refractivity (Wildman–Crippen MR) is 61.7 cm³/mol. The van der Waals surface area contributed by atoms with Gasteiger partial charge in [0.15, 0.2) is 0 Å². The highest BCUT2D eigenvalue weighted by Crippen LogP contribution is 2.19. The Morgan fingerprint density at radius 3 is 2.80 bits per heavy atom. The summed E-state index contributed by atoms with van der Waals surface area (Å²) in [6.45, 7) is 1.97. The van der Waals surface area contributed by atoms with E-state index in [0.717, 1.165) is 9.75 Å². The molecule has 76 valence electrons. The first-order chi connectivity index (χ1) is 7.16. The topological polar surface area (TPSA) is 30.0 Å². The second-order valence-corrected chi connectivity index (χ2v) is 4.78. The van der Waals surface area contributed by atoms with Crippen molar-refractivity contribution in [3.05, 3.63) is 50.9 Å². The van der Waals surface area contributed by atoms with Crippen molar-refractivity contribution in [3.63, 3.8) is 0 Å². The molecule has 0 N–H and O–H groups in total. The van der Waals surface area contributed by atoms with Crippen LogP contribution in [0, 0.1) is 6.92 Å². The number of thiophene rings is 1. The molecule has 0 aromatic carbocycles. The molecule has 0 unspecified atom stereocenters. The Morgan fingerprint density at radius 1 is 1.40 bits per heavy atom. The van der Waals surface area contributed by atoms with Gasteiger partial charge in [0, 0.05) is 16.6 Å². The molecule has 0 bridgehead atoms. The lowest BCUT2D eigenvalue weighted by molar-refractivity contribution is 0.104. The van der Waals surface area contributed by atoms with E-state index in [4.69, 9.17) is 11.6 Å². The molecular formula is C11H8ClNOS. The molecule has 0 spiro atoms. The Balaban J connectivity index is 2.36. The second-order valence-electron chi connectivity index (χ2n) is 3.11. The normalized spacial score (nSPS) is 10.3. The average Bonchev–Trinajstić information content (AvgIpc) is 2.64. The van der Waals surface area contributed by atoms with Crippen LogP contribution in [0.3, 0.4) is 0 Å². The smallest absolute Gasteiger partial charge is 0.203 e. The van der Waals surface area contributed by atoms with Crippen molar-refractivity contribution in [2.45, 2.75) is 6.92 Å². The molecule has 0 atom stereocenters. The van der Waals surface area contributed by atoms with Gasteiger partial charge in [-0.1, -0.05) is 11.6 Å². The van der Waals surface area contributed by atoms with Crippen molar-refractivity contribution < 1.29 is 4.79 Å². The summed E-state index contributed by atoms with van der Waals surface area (Å²) < 4.78 is 0. The maximum absolute atomic E-state index is 11.9. The standard InChI is InChI=1S/C11H8ClNOS/c1-7-2-3-9(15-7)11(14)8-4-5-13-10(12)6-8/h2-6H,1H3. The van der Waals surface area contributed by atoms with Crippen LogP contribution in [0.5, 0.6) is 0 Å². The van der Waals surface area contributed by atoms with Gasteiger partial charge >= 0.3 is 0 Å². The SMILES string of the molecule is Cc1ccc(C(=O)c2ccnc(Cl)c2)s1. The quantitative estimate of drug-likeness (QED) is 0.592. The maximum atomic E-state index is 11.9. The molecule has 4 heteroatoms. The van der Waals surface area contributed by atoms with E-state index in [1.807, 2.05) is 19.1 Å². The van der Waals surface area contributed by atoms with E-state index in [-0.39, 0.29) is 5.78 Å². The summed E-state index contributed by atoms with van der Waals surface area (Å²) >= 11 is 7.21. The Morgan fingerprint density at radius 2 is 2.20 bits per heavy atom. The van der Waals surface area contributed by atoms with Crippen molar-refractivity contribution in [1.29, 1.82) is 0 Å². The number of nitrogens with zero attached hydrogens (tertiary/aromatic N) is 1. The molecule has 2 aromatic heterocycles. The van der Waals surface area contributed by atoms with Crippen LogP contribution in [0.15, 0.2) is 30.5 Å². The zero-order valence-corrected chi connectivity index (χ0v) is 9.60. The van der Waals surface area contributed by atoms with Crippen LogP contribution >= 0.6 is 22.9 Å². The number of carbonyl (C=O) groups is 1. The van der Waals surface area contributed by atoms with Gasteiger partial charge in [-0.2, -0.15) is 0 Å². The molecule has 2 heterocycles. The summed E-state index contributed by atoms with van der Waals surface area (Å²) in [4.78, 5) is 17.6. The molecule has 0 aliphatic rings. The third-order valence-corrected chi connectivity index (χ3v) is 3.16. The van der Waals surface area contributed by atoms with Crippen LogP contribution in [0.25, 0.3) is 0 Å². The highest BCUT2D eigenvalue weighted by atomic mass is 35.5. The highest BCUT2D eigenvalue weighted by molar-refractivity contribution is 7.14. The Hall–Kier alpha value is -1.19. The first-order valence-electron chi connectivity index (χ1n) is 4.39. The number of aryl methyl sites for hydroxylation is 1. The number of carbonyl (C=O) groups excluding carboxylic acids is 1. The molecule has 15 heavy (non-hydrogen) atoms. The highest BCUT2D eigenvalue weighted by Gasteiger charge is 2.11. The van der Waals surface area contributed by atoms with Gasteiger partial charge < -0.3 is 0 Å². The zero-order valence-electron chi connectivity index (χ0n) is 8.03. The lowest BCUT2D eigenvalue weighted by Crippen LogP contribution is -1.98. The fourth-order valence-corrected chi connectivity index (χ4v) is 2.25. The fourth-order valence-electron chi connectivity index (χ4n) is 1.24. The third-order valence-electron chi connectivity index (χ3n) is 1.95. The molecule has 0 saturated heterocycles. The minimum Gasteiger partial charge on any atom is -0.288 e. The molecule has 2 nitrogen and oxygen atoms in total. The number of hydrogen-bond acceptors (Lipinski definition) is 3.